The van der Waals surface area contributed by atoms with Crippen molar-refractivity contribution in [2.45, 2.75) is 16.7 Å². The lowest BCUT2D eigenvalue weighted by Gasteiger charge is -2.12. The first-order valence-electron chi connectivity index (χ1n) is 6.60. The Morgan fingerprint density at radius 3 is 1.96 bits per heavy atom. The van der Waals surface area contributed by atoms with E-state index in [4.69, 9.17) is 34.8 Å². The first-order valence-corrected chi connectivity index (χ1v) is 8.55. The fourth-order valence-electron chi connectivity index (χ4n) is 2.28. The van der Waals surface area contributed by atoms with Gasteiger partial charge < -0.3 is 0 Å². The van der Waals surface area contributed by atoms with Gasteiger partial charge in [0.2, 0.25) is 0 Å². The molecule has 0 unspecified atom stereocenters. The summed E-state index contributed by atoms with van der Waals surface area (Å²) in [4.78, 5) is 26.7. The minimum Gasteiger partial charge on any atom is -0.277 e. The van der Waals surface area contributed by atoms with Crippen LogP contribution in [0.4, 0.5) is 0 Å². The second-order valence-corrected chi connectivity index (χ2v) is 7.32. The van der Waals surface area contributed by atoms with Gasteiger partial charge in [-0.1, -0.05) is 64.3 Å². The number of rotatable bonds is 2. The molecule has 23 heavy (non-hydrogen) atoms. The summed E-state index contributed by atoms with van der Waals surface area (Å²) in [5.41, 5.74) is 1.31. The first kappa shape index (κ1) is 16.7. The van der Waals surface area contributed by atoms with Gasteiger partial charge in [0.05, 0.1) is 31.1 Å². The molecule has 1 aliphatic heterocycles. The number of benzene rings is 2. The molecule has 1 heterocycles. The predicted molar refractivity (Wildman–Crippen MR) is 93.2 cm³/mol. The lowest BCUT2D eigenvalue weighted by atomic mass is 10.1. The second kappa shape index (κ2) is 6.02. The average molecular weight is 387 g/mol. The van der Waals surface area contributed by atoms with Crippen LogP contribution in [0.5, 0.6) is 0 Å². The van der Waals surface area contributed by atoms with Gasteiger partial charge in [0.1, 0.15) is 0 Å². The maximum atomic E-state index is 12.3. The molecule has 2 amide bonds. The van der Waals surface area contributed by atoms with Crippen LogP contribution >= 0.6 is 46.6 Å². The van der Waals surface area contributed by atoms with Gasteiger partial charge in [-0.15, -0.1) is 0 Å². The van der Waals surface area contributed by atoms with E-state index >= 15 is 0 Å². The Balaban J connectivity index is 2.17. The van der Waals surface area contributed by atoms with E-state index in [1.807, 2.05) is 31.2 Å². The average Bonchev–Trinajstić information content (AvgIpc) is 2.76. The van der Waals surface area contributed by atoms with Crippen LogP contribution in [-0.2, 0) is 0 Å². The van der Waals surface area contributed by atoms with E-state index in [0.29, 0.717) is 4.90 Å². The quantitative estimate of drug-likeness (QED) is 0.517. The van der Waals surface area contributed by atoms with Gasteiger partial charge in [0, 0.05) is 11.9 Å². The molecule has 118 valence electrons. The van der Waals surface area contributed by atoms with E-state index in [2.05, 4.69) is 0 Å². The Bertz CT molecular complexity index is 850. The fourth-order valence-corrected chi connectivity index (χ4v) is 4.24. The molecule has 2 aromatic carbocycles. The maximum absolute atomic E-state index is 12.3. The molecule has 0 spiro atoms. The molecule has 0 fully saturated rings. The fraction of sp³-hybridized carbons (Fsp3) is 0.125. The van der Waals surface area contributed by atoms with Gasteiger partial charge in [-0.25, -0.2) is 0 Å². The lowest BCUT2D eigenvalue weighted by Crippen LogP contribution is -2.24. The van der Waals surface area contributed by atoms with Crippen molar-refractivity contribution in [1.82, 2.24) is 4.90 Å². The number of aryl methyl sites for hydroxylation is 1. The SMILES string of the molecule is Cc1ccc(Sc2c(Cl)c(Cl)c3c(c2Cl)C(=O)N(C)C3=O)cc1. The van der Waals surface area contributed by atoms with Gasteiger partial charge in [-0.3, -0.25) is 14.5 Å². The highest BCUT2D eigenvalue weighted by molar-refractivity contribution is 7.99. The Labute approximate surface area is 152 Å². The Kier molecular flexibility index (Phi) is 4.36. The van der Waals surface area contributed by atoms with E-state index in [0.717, 1.165) is 15.4 Å². The Morgan fingerprint density at radius 2 is 1.39 bits per heavy atom. The largest absolute Gasteiger partial charge is 0.277 e. The molecule has 0 saturated carbocycles. The van der Waals surface area contributed by atoms with Crippen LogP contribution in [0.25, 0.3) is 0 Å². The van der Waals surface area contributed by atoms with E-state index in [9.17, 15) is 9.59 Å². The summed E-state index contributed by atoms with van der Waals surface area (Å²) in [7, 11) is 1.39. The number of halogens is 3. The number of carbonyl (C=O) groups is 2. The molecule has 7 heteroatoms. The number of imide groups is 1. The predicted octanol–water partition coefficient (Wildman–Crippen LogP) is 5.33. The zero-order valence-electron chi connectivity index (χ0n) is 12.1. The van der Waals surface area contributed by atoms with Crippen molar-refractivity contribution in [3.8, 4) is 0 Å². The van der Waals surface area contributed by atoms with Crippen molar-refractivity contribution in [3.05, 3.63) is 56.0 Å². The Hall–Kier alpha value is -1.20. The van der Waals surface area contributed by atoms with Crippen LogP contribution in [0.1, 0.15) is 26.3 Å². The summed E-state index contributed by atoms with van der Waals surface area (Å²) in [5, 5.41) is 0.392. The molecule has 0 aliphatic carbocycles. The van der Waals surface area contributed by atoms with Crippen molar-refractivity contribution < 1.29 is 9.59 Å². The zero-order chi connectivity index (χ0) is 16.9. The van der Waals surface area contributed by atoms with Gasteiger partial charge in [0.15, 0.2) is 0 Å². The highest BCUT2D eigenvalue weighted by Gasteiger charge is 2.39. The topological polar surface area (TPSA) is 37.4 Å². The molecule has 3 nitrogen and oxygen atoms in total. The van der Waals surface area contributed by atoms with Crippen molar-refractivity contribution in [2.24, 2.45) is 0 Å². The van der Waals surface area contributed by atoms with E-state index < -0.39 is 11.8 Å². The molecule has 0 atom stereocenters. The summed E-state index contributed by atoms with van der Waals surface area (Å²) in [5.74, 6) is -0.968. The summed E-state index contributed by atoms with van der Waals surface area (Å²) in [6.45, 7) is 1.99. The summed E-state index contributed by atoms with van der Waals surface area (Å²) in [6.07, 6.45) is 0. The molecule has 0 radical (unpaired) electrons. The summed E-state index contributed by atoms with van der Waals surface area (Å²) in [6, 6.07) is 7.77. The number of amides is 2. The number of nitrogens with zero attached hydrogens (tertiary/aromatic N) is 1. The molecular formula is C16H10Cl3NO2S. The van der Waals surface area contributed by atoms with Gasteiger partial charge in [0.25, 0.3) is 11.8 Å². The van der Waals surface area contributed by atoms with Crippen LogP contribution in [0.2, 0.25) is 15.1 Å². The van der Waals surface area contributed by atoms with Gasteiger partial charge >= 0.3 is 0 Å². The second-order valence-electron chi connectivity index (χ2n) is 5.11. The minimum absolute atomic E-state index is 0.0587. The monoisotopic (exact) mass is 385 g/mol. The Morgan fingerprint density at radius 1 is 0.870 bits per heavy atom. The van der Waals surface area contributed by atoms with Crippen LogP contribution in [0, 0.1) is 6.92 Å². The highest BCUT2D eigenvalue weighted by atomic mass is 35.5. The molecule has 0 aromatic heterocycles. The number of hydrogen-bond donors (Lipinski definition) is 0. The molecule has 3 rings (SSSR count). The standard InChI is InChI=1S/C16H10Cl3NO2S/c1-7-3-5-8(6-4-7)23-14-12(18)10-9(11(17)13(14)19)15(21)20(2)16(10)22/h3-6H,1-2H3. The maximum Gasteiger partial charge on any atom is 0.262 e. The van der Waals surface area contributed by atoms with Crippen LogP contribution < -0.4 is 0 Å². The first-order chi connectivity index (χ1) is 10.8. The highest BCUT2D eigenvalue weighted by Crippen LogP contribution is 2.48. The molecule has 0 bridgehead atoms. The van der Waals surface area contributed by atoms with Crippen molar-refractivity contribution >= 4 is 58.4 Å². The van der Waals surface area contributed by atoms with Crippen LogP contribution in [-0.4, -0.2) is 23.8 Å². The zero-order valence-corrected chi connectivity index (χ0v) is 15.2. The summed E-state index contributed by atoms with van der Waals surface area (Å²) < 4.78 is 0. The van der Waals surface area contributed by atoms with Crippen molar-refractivity contribution in [2.75, 3.05) is 7.05 Å². The molecule has 2 aromatic rings. The van der Waals surface area contributed by atoms with E-state index in [1.54, 1.807) is 0 Å². The third-order valence-corrected chi connectivity index (χ3v) is 6.13. The smallest absolute Gasteiger partial charge is 0.262 e. The lowest BCUT2D eigenvalue weighted by molar-refractivity contribution is 0.0693. The summed E-state index contributed by atoms with van der Waals surface area (Å²) >= 11 is 20.2. The number of hydrogen-bond acceptors (Lipinski definition) is 3. The third kappa shape index (κ3) is 2.64. The number of fused-ring (bicyclic) bond motifs is 1. The van der Waals surface area contributed by atoms with Crippen molar-refractivity contribution in [3.63, 3.8) is 0 Å². The molecule has 0 N–H and O–H groups in total. The van der Waals surface area contributed by atoms with Crippen molar-refractivity contribution in [1.29, 1.82) is 0 Å². The van der Waals surface area contributed by atoms with E-state index in [1.165, 1.54) is 18.8 Å². The number of carbonyl (C=O) groups excluding carboxylic acids is 2. The van der Waals surface area contributed by atoms with Crippen LogP contribution in [0.15, 0.2) is 34.1 Å². The molecule has 0 saturated heterocycles. The minimum atomic E-state index is -0.495. The van der Waals surface area contributed by atoms with Crippen LogP contribution in [0.3, 0.4) is 0 Å². The van der Waals surface area contributed by atoms with E-state index in [-0.39, 0.29) is 26.2 Å². The molecule has 1 aliphatic rings. The normalized spacial score (nSPS) is 13.7. The van der Waals surface area contributed by atoms with Gasteiger partial charge in [-0.2, -0.15) is 0 Å². The third-order valence-electron chi connectivity index (χ3n) is 3.56. The van der Waals surface area contributed by atoms with Gasteiger partial charge in [-0.05, 0) is 19.1 Å². The molecular weight excluding hydrogens is 377 g/mol.